The predicted molar refractivity (Wildman–Crippen MR) is 73.1 cm³/mol. The Balaban J connectivity index is 1.83. The number of nitriles is 1. The normalized spacial score (nSPS) is 25.0. The first kappa shape index (κ1) is 11.5. The van der Waals surface area contributed by atoms with Gasteiger partial charge in [-0.1, -0.05) is 28.1 Å². The summed E-state index contributed by atoms with van der Waals surface area (Å²) in [6.07, 6.45) is 4.95. The number of halogens is 1. The Morgan fingerprint density at radius 1 is 1.50 bits per heavy atom. The summed E-state index contributed by atoms with van der Waals surface area (Å²) in [7, 11) is 0. The maximum atomic E-state index is 8.62. The van der Waals surface area contributed by atoms with Crippen LogP contribution in [0.25, 0.3) is 0 Å². The lowest BCUT2D eigenvalue weighted by atomic mass is 9.78. The molecule has 5 heteroatoms. The summed E-state index contributed by atoms with van der Waals surface area (Å²) in [5, 5.41) is 14.6. The van der Waals surface area contributed by atoms with E-state index < -0.39 is 0 Å². The highest BCUT2D eigenvalue weighted by atomic mass is 79.9. The summed E-state index contributed by atoms with van der Waals surface area (Å²) in [6.45, 7) is 0.739. The first-order valence-corrected chi connectivity index (χ1v) is 6.76. The molecule has 1 aliphatic carbocycles. The molecule has 1 atom stereocenters. The number of hydrogen-bond acceptors (Lipinski definition) is 4. The SMILES string of the molecule is N#CNC1=NCC2(CCc3c(Br)cccc3C2)N1. The fourth-order valence-electron chi connectivity index (χ4n) is 2.79. The minimum atomic E-state index is -0.00697. The van der Waals surface area contributed by atoms with Crippen molar-refractivity contribution in [1.29, 1.82) is 5.26 Å². The molecule has 4 nitrogen and oxygen atoms in total. The average molecular weight is 305 g/mol. The number of hydrogen-bond donors (Lipinski definition) is 2. The van der Waals surface area contributed by atoms with Crippen LogP contribution in [0, 0.1) is 11.5 Å². The molecule has 1 spiro atoms. The van der Waals surface area contributed by atoms with Crippen molar-refractivity contribution in [3.8, 4) is 6.19 Å². The van der Waals surface area contributed by atoms with E-state index in [1.807, 2.05) is 6.19 Å². The molecule has 0 aromatic heterocycles. The van der Waals surface area contributed by atoms with Gasteiger partial charge in [0.25, 0.3) is 0 Å². The topological polar surface area (TPSA) is 60.2 Å². The molecule has 1 unspecified atom stereocenters. The van der Waals surface area contributed by atoms with Crippen molar-refractivity contribution in [3.63, 3.8) is 0 Å². The van der Waals surface area contributed by atoms with Gasteiger partial charge in [-0.2, -0.15) is 5.26 Å². The summed E-state index contributed by atoms with van der Waals surface area (Å²) >= 11 is 3.61. The summed E-state index contributed by atoms with van der Waals surface area (Å²) in [5.41, 5.74) is 2.77. The monoisotopic (exact) mass is 304 g/mol. The van der Waals surface area contributed by atoms with Gasteiger partial charge in [0.05, 0.1) is 12.1 Å². The Labute approximate surface area is 114 Å². The molecule has 0 amide bonds. The van der Waals surface area contributed by atoms with Crippen LogP contribution >= 0.6 is 15.9 Å². The third-order valence-corrected chi connectivity index (χ3v) is 4.44. The van der Waals surface area contributed by atoms with Gasteiger partial charge >= 0.3 is 0 Å². The van der Waals surface area contributed by atoms with Crippen LogP contribution in [-0.4, -0.2) is 18.0 Å². The quantitative estimate of drug-likeness (QED) is 0.566. The molecule has 1 aliphatic heterocycles. The molecular weight excluding hydrogens is 292 g/mol. The number of nitrogens with zero attached hydrogens (tertiary/aromatic N) is 2. The molecule has 0 bridgehead atoms. The zero-order chi connectivity index (χ0) is 12.6. The van der Waals surface area contributed by atoms with Gasteiger partial charge in [-0.15, -0.1) is 0 Å². The second-order valence-electron chi connectivity index (χ2n) is 4.86. The molecule has 3 rings (SSSR count). The van der Waals surface area contributed by atoms with Gasteiger partial charge in [0, 0.05) is 4.47 Å². The summed E-state index contributed by atoms with van der Waals surface area (Å²) in [4.78, 5) is 4.36. The zero-order valence-electron chi connectivity index (χ0n) is 9.83. The Morgan fingerprint density at radius 3 is 3.22 bits per heavy atom. The second-order valence-corrected chi connectivity index (χ2v) is 5.72. The fourth-order valence-corrected chi connectivity index (χ4v) is 3.40. The number of nitrogens with one attached hydrogen (secondary N) is 2. The van der Waals surface area contributed by atoms with Gasteiger partial charge in [0.2, 0.25) is 5.96 Å². The van der Waals surface area contributed by atoms with Crippen molar-refractivity contribution in [2.24, 2.45) is 4.99 Å². The van der Waals surface area contributed by atoms with Crippen molar-refractivity contribution in [3.05, 3.63) is 33.8 Å². The van der Waals surface area contributed by atoms with Crippen LogP contribution < -0.4 is 10.6 Å². The van der Waals surface area contributed by atoms with Crippen LogP contribution in [0.2, 0.25) is 0 Å². The fraction of sp³-hybridized carbons (Fsp3) is 0.385. The van der Waals surface area contributed by atoms with Gasteiger partial charge < -0.3 is 5.32 Å². The second kappa shape index (κ2) is 4.29. The third kappa shape index (κ3) is 1.87. The summed E-state index contributed by atoms with van der Waals surface area (Å²) < 4.78 is 1.20. The number of guanidine groups is 1. The molecule has 2 aliphatic rings. The predicted octanol–water partition coefficient (Wildman–Crippen LogP) is 1.71. The maximum Gasteiger partial charge on any atom is 0.205 e. The van der Waals surface area contributed by atoms with E-state index in [1.165, 1.54) is 15.6 Å². The first-order valence-electron chi connectivity index (χ1n) is 5.96. The molecule has 2 N–H and O–H groups in total. The van der Waals surface area contributed by atoms with Crippen molar-refractivity contribution in [2.45, 2.75) is 24.8 Å². The van der Waals surface area contributed by atoms with Gasteiger partial charge in [-0.25, -0.2) is 4.99 Å². The van der Waals surface area contributed by atoms with Crippen LogP contribution in [0.4, 0.5) is 0 Å². The molecular formula is C13H13BrN4. The number of rotatable bonds is 0. The lowest BCUT2D eigenvalue weighted by molar-refractivity contribution is 0.360. The molecule has 92 valence electrons. The van der Waals surface area contributed by atoms with E-state index in [4.69, 9.17) is 5.26 Å². The standard InChI is InChI=1S/C13H13BrN4/c14-11-3-1-2-9-6-13(5-4-10(9)11)7-16-12(18-13)17-8-15/h1-3H,4-7H2,(H2,16,17,18). The van der Waals surface area contributed by atoms with Crippen molar-refractivity contribution in [2.75, 3.05) is 6.54 Å². The van der Waals surface area contributed by atoms with Crippen LogP contribution in [0.3, 0.4) is 0 Å². The molecule has 0 radical (unpaired) electrons. The number of aliphatic imine (C=N–C) groups is 1. The number of fused-ring (bicyclic) bond motifs is 1. The van der Waals surface area contributed by atoms with Crippen LogP contribution in [0.15, 0.2) is 27.7 Å². The lowest BCUT2D eigenvalue weighted by Crippen LogP contribution is -2.52. The van der Waals surface area contributed by atoms with E-state index in [2.05, 4.69) is 49.8 Å². The summed E-state index contributed by atoms with van der Waals surface area (Å²) in [6, 6.07) is 6.35. The highest BCUT2D eigenvalue weighted by Crippen LogP contribution is 2.34. The van der Waals surface area contributed by atoms with Crippen molar-refractivity contribution in [1.82, 2.24) is 10.6 Å². The molecule has 0 saturated carbocycles. The molecule has 1 aromatic carbocycles. The highest BCUT2D eigenvalue weighted by molar-refractivity contribution is 9.10. The van der Waals surface area contributed by atoms with E-state index in [0.717, 1.165) is 25.8 Å². The Morgan fingerprint density at radius 2 is 2.39 bits per heavy atom. The Hall–Kier alpha value is -1.54. The van der Waals surface area contributed by atoms with E-state index >= 15 is 0 Å². The minimum absolute atomic E-state index is 0.00697. The van der Waals surface area contributed by atoms with E-state index in [-0.39, 0.29) is 5.54 Å². The average Bonchev–Trinajstić information content (AvgIpc) is 2.73. The smallest absolute Gasteiger partial charge is 0.205 e. The Kier molecular flexibility index (Phi) is 2.75. The van der Waals surface area contributed by atoms with Crippen molar-refractivity contribution < 1.29 is 0 Å². The largest absolute Gasteiger partial charge is 0.348 e. The molecule has 0 saturated heterocycles. The highest BCUT2D eigenvalue weighted by Gasteiger charge is 2.38. The van der Waals surface area contributed by atoms with Gasteiger partial charge in [0.15, 0.2) is 6.19 Å². The van der Waals surface area contributed by atoms with Gasteiger partial charge in [-0.05, 0) is 36.5 Å². The minimum Gasteiger partial charge on any atom is -0.348 e. The summed E-state index contributed by atoms with van der Waals surface area (Å²) in [5.74, 6) is 0.607. The van der Waals surface area contributed by atoms with E-state index in [9.17, 15) is 0 Å². The van der Waals surface area contributed by atoms with Crippen LogP contribution in [0.1, 0.15) is 17.5 Å². The van der Waals surface area contributed by atoms with Gasteiger partial charge in [-0.3, -0.25) is 5.32 Å². The van der Waals surface area contributed by atoms with Crippen LogP contribution in [-0.2, 0) is 12.8 Å². The molecule has 1 heterocycles. The lowest BCUT2D eigenvalue weighted by Gasteiger charge is -2.35. The molecule has 0 fully saturated rings. The van der Waals surface area contributed by atoms with E-state index in [0.29, 0.717) is 5.96 Å². The zero-order valence-corrected chi connectivity index (χ0v) is 11.4. The van der Waals surface area contributed by atoms with Gasteiger partial charge in [0.1, 0.15) is 0 Å². The van der Waals surface area contributed by atoms with Crippen LogP contribution in [0.5, 0.6) is 0 Å². The molecule has 1 aromatic rings. The maximum absolute atomic E-state index is 8.62. The number of benzene rings is 1. The third-order valence-electron chi connectivity index (χ3n) is 3.70. The molecule has 18 heavy (non-hydrogen) atoms. The Bertz CT molecular complexity index is 561. The van der Waals surface area contributed by atoms with E-state index in [1.54, 1.807) is 0 Å². The first-order chi connectivity index (χ1) is 8.72. The van der Waals surface area contributed by atoms with Crippen molar-refractivity contribution >= 4 is 21.9 Å².